The number of hydrogen-bond donors (Lipinski definition) is 1. The summed E-state index contributed by atoms with van der Waals surface area (Å²) in [5.41, 5.74) is 8.18. The highest BCUT2D eigenvalue weighted by Gasteiger charge is 2.03. The first kappa shape index (κ1) is 25.4. The van der Waals surface area contributed by atoms with E-state index in [1.807, 2.05) is 18.5 Å². The molecule has 2 aromatic rings. The summed E-state index contributed by atoms with van der Waals surface area (Å²) in [7, 11) is 0. The van der Waals surface area contributed by atoms with Gasteiger partial charge in [0, 0.05) is 56.9 Å². The smallest absolute Gasteiger partial charge is 0.171 e. The summed E-state index contributed by atoms with van der Waals surface area (Å²) in [5.74, 6) is 0. The molecule has 2 rings (SSSR count). The Morgan fingerprint density at radius 2 is 1.42 bits per heavy atom. The van der Waals surface area contributed by atoms with Crippen LogP contribution in [-0.4, -0.2) is 38.0 Å². The van der Waals surface area contributed by atoms with Crippen molar-refractivity contribution in [3.8, 4) is 0 Å². The van der Waals surface area contributed by atoms with Gasteiger partial charge in [0.15, 0.2) is 12.4 Å². The van der Waals surface area contributed by atoms with Gasteiger partial charge in [-0.25, -0.2) is 4.57 Å². The van der Waals surface area contributed by atoms with Crippen LogP contribution >= 0.6 is 0 Å². The molecule has 5 nitrogen and oxygen atoms in total. The molecule has 0 saturated heterocycles. The maximum Gasteiger partial charge on any atom is 0.171 e. The molecule has 0 aliphatic rings. The van der Waals surface area contributed by atoms with Gasteiger partial charge >= 0.3 is 0 Å². The fraction of sp³-hybridized carbons (Fsp3) is 0.615. The molecule has 0 radical (unpaired) electrons. The predicted molar refractivity (Wildman–Crippen MR) is 126 cm³/mol. The lowest BCUT2D eigenvalue weighted by Gasteiger charge is -2.05. The van der Waals surface area contributed by atoms with E-state index in [9.17, 15) is 0 Å². The van der Waals surface area contributed by atoms with Gasteiger partial charge in [0.2, 0.25) is 0 Å². The predicted octanol–water partition coefficient (Wildman–Crippen LogP) is 4.27. The van der Waals surface area contributed by atoms with E-state index in [0.29, 0.717) is 0 Å². The second-order valence-corrected chi connectivity index (χ2v) is 8.15. The SMILES string of the molecule is NCCCCCCOCCCc1ccc[n+](CCCCOCCCc2cccnc2)c1. The average molecular weight is 429 g/mol. The Bertz CT molecular complexity index is 667. The highest BCUT2D eigenvalue weighted by atomic mass is 16.5. The number of hydrogen-bond acceptors (Lipinski definition) is 4. The topological polar surface area (TPSA) is 61.2 Å². The summed E-state index contributed by atoms with van der Waals surface area (Å²) in [5, 5.41) is 0. The van der Waals surface area contributed by atoms with Crippen molar-refractivity contribution in [2.24, 2.45) is 5.73 Å². The molecule has 172 valence electrons. The fourth-order valence-corrected chi connectivity index (χ4v) is 3.57. The molecular weight excluding hydrogens is 386 g/mol. The quantitative estimate of drug-likeness (QED) is 0.268. The summed E-state index contributed by atoms with van der Waals surface area (Å²) >= 11 is 0. The molecule has 2 aromatic heterocycles. The molecule has 2 heterocycles. The molecule has 0 bridgehead atoms. The second-order valence-electron chi connectivity index (χ2n) is 8.15. The summed E-state index contributed by atoms with van der Waals surface area (Å²) in [4.78, 5) is 4.15. The molecule has 0 amide bonds. The Kier molecular flexibility index (Phi) is 14.6. The third kappa shape index (κ3) is 13.2. The van der Waals surface area contributed by atoms with Gasteiger partial charge in [-0.05, 0) is 69.2 Å². The van der Waals surface area contributed by atoms with E-state index in [-0.39, 0.29) is 0 Å². The molecule has 0 unspecified atom stereocenters. The largest absolute Gasteiger partial charge is 0.381 e. The molecule has 0 aliphatic carbocycles. The van der Waals surface area contributed by atoms with Crippen molar-refractivity contribution in [1.29, 1.82) is 0 Å². The lowest BCUT2D eigenvalue weighted by atomic mass is 10.1. The average Bonchev–Trinajstić information content (AvgIpc) is 2.81. The van der Waals surface area contributed by atoms with Crippen LogP contribution in [0.2, 0.25) is 0 Å². The van der Waals surface area contributed by atoms with Crippen LogP contribution in [0.1, 0.15) is 62.5 Å². The van der Waals surface area contributed by atoms with Crippen molar-refractivity contribution in [3.05, 3.63) is 60.2 Å². The van der Waals surface area contributed by atoms with E-state index < -0.39 is 0 Å². The van der Waals surface area contributed by atoms with Crippen LogP contribution < -0.4 is 10.3 Å². The van der Waals surface area contributed by atoms with Crippen molar-refractivity contribution in [2.45, 2.75) is 70.8 Å². The minimum absolute atomic E-state index is 0.805. The lowest BCUT2D eigenvalue weighted by Crippen LogP contribution is -2.33. The third-order valence-corrected chi connectivity index (χ3v) is 5.35. The molecule has 0 atom stereocenters. The Morgan fingerprint density at radius 3 is 2.16 bits per heavy atom. The molecule has 0 spiro atoms. The van der Waals surface area contributed by atoms with Gasteiger partial charge in [0.25, 0.3) is 0 Å². The normalized spacial score (nSPS) is 11.1. The Morgan fingerprint density at radius 1 is 0.742 bits per heavy atom. The van der Waals surface area contributed by atoms with Crippen LogP contribution in [0.3, 0.4) is 0 Å². The van der Waals surface area contributed by atoms with E-state index in [1.165, 1.54) is 24.0 Å². The van der Waals surface area contributed by atoms with Crippen molar-refractivity contribution in [1.82, 2.24) is 4.98 Å². The van der Waals surface area contributed by atoms with Crippen molar-refractivity contribution in [2.75, 3.05) is 33.0 Å². The van der Waals surface area contributed by atoms with Gasteiger partial charge in [0.1, 0.15) is 6.54 Å². The summed E-state index contributed by atoms with van der Waals surface area (Å²) in [6, 6.07) is 8.48. The number of aryl methyl sites for hydroxylation is 3. The van der Waals surface area contributed by atoms with Gasteiger partial charge in [-0.2, -0.15) is 0 Å². The van der Waals surface area contributed by atoms with Gasteiger partial charge in [-0.1, -0.05) is 18.9 Å². The van der Waals surface area contributed by atoms with E-state index in [0.717, 1.165) is 90.9 Å². The molecule has 31 heavy (non-hydrogen) atoms. The van der Waals surface area contributed by atoms with Gasteiger partial charge < -0.3 is 15.2 Å². The molecule has 0 aliphatic heterocycles. The van der Waals surface area contributed by atoms with Crippen LogP contribution in [-0.2, 0) is 28.9 Å². The van der Waals surface area contributed by atoms with Crippen LogP contribution in [0.4, 0.5) is 0 Å². The zero-order valence-electron chi connectivity index (χ0n) is 19.2. The number of aromatic nitrogens is 2. The minimum atomic E-state index is 0.805. The molecule has 0 saturated carbocycles. The standard InChI is InChI=1S/C26H42N3O2/c27-15-3-1-2-5-19-30-22-10-14-26-12-8-18-29(24-26)17-4-6-20-31-21-9-13-25-11-7-16-28-23-25/h7-8,11-12,16,18,23-24H,1-6,9-10,13-15,17,19-22,27H2/q+1. The van der Waals surface area contributed by atoms with E-state index in [1.54, 1.807) is 0 Å². The van der Waals surface area contributed by atoms with Crippen LogP contribution in [0, 0.1) is 0 Å². The Balaban J connectivity index is 1.44. The Labute approximate surface area is 189 Å². The first-order valence-corrected chi connectivity index (χ1v) is 12.1. The number of nitrogens with two attached hydrogens (primary N) is 1. The first-order chi connectivity index (χ1) is 15.4. The molecule has 0 aromatic carbocycles. The number of unbranched alkanes of at least 4 members (excludes halogenated alkanes) is 4. The molecular formula is C26H42N3O2+. The monoisotopic (exact) mass is 428 g/mol. The number of nitrogens with zero attached hydrogens (tertiary/aromatic N) is 2. The maximum absolute atomic E-state index is 5.78. The highest BCUT2D eigenvalue weighted by Crippen LogP contribution is 2.03. The molecule has 0 fully saturated rings. The van der Waals surface area contributed by atoms with E-state index >= 15 is 0 Å². The molecule has 2 N–H and O–H groups in total. The van der Waals surface area contributed by atoms with E-state index in [2.05, 4.69) is 40.1 Å². The third-order valence-electron chi connectivity index (χ3n) is 5.35. The highest BCUT2D eigenvalue weighted by molar-refractivity contribution is 5.08. The van der Waals surface area contributed by atoms with Crippen molar-refractivity contribution >= 4 is 0 Å². The summed E-state index contributed by atoms with van der Waals surface area (Å²) < 4.78 is 13.8. The minimum Gasteiger partial charge on any atom is -0.381 e. The molecule has 5 heteroatoms. The summed E-state index contributed by atoms with van der Waals surface area (Å²) in [6.45, 7) is 5.25. The van der Waals surface area contributed by atoms with Gasteiger partial charge in [-0.15, -0.1) is 0 Å². The number of ether oxygens (including phenoxy) is 2. The second kappa shape index (κ2) is 17.8. The van der Waals surface area contributed by atoms with Crippen molar-refractivity contribution in [3.63, 3.8) is 0 Å². The number of pyridine rings is 2. The van der Waals surface area contributed by atoms with Gasteiger partial charge in [-0.3, -0.25) is 4.98 Å². The van der Waals surface area contributed by atoms with Crippen molar-refractivity contribution < 1.29 is 14.0 Å². The number of rotatable bonds is 19. The lowest BCUT2D eigenvalue weighted by molar-refractivity contribution is -0.697. The zero-order chi connectivity index (χ0) is 21.8. The van der Waals surface area contributed by atoms with Gasteiger partial charge in [0.05, 0.1) is 0 Å². The zero-order valence-corrected chi connectivity index (χ0v) is 19.2. The van der Waals surface area contributed by atoms with E-state index in [4.69, 9.17) is 15.2 Å². The summed E-state index contributed by atoms with van der Waals surface area (Å²) in [6.07, 6.45) is 19.4. The fourth-order valence-electron chi connectivity index (χ4n) is 3.57. The Hall–Kier alpha value is -1.82. The first-order valence-electron chi connectivity index (χ1n) is 12.1. The van der Waals surface area contributed by atoms with Crippen LogP contribution in [0.15, 0.2) is 49.1 Å². The van der Waals surface area contributed by atoms with Crippen LogP contribution in [0.5, 0.6) is 0 Å². The maximum atomic E-state index is 5.78. The van der Waals surface area contributed by atoms with Crippen LogP contribution in [0.25, 0.3) is 0 Å².